The number of carbonyl (C=O) groups is 1. The Hall–Kier alpha value is -3.86. The third-order valence-electron chi connectivity index (χ3n) is 6.19. The summed E-state index contributed by atoms with van der Waals surface area (Å²) in [6, 6.07) is 17.3. The predicted octanol–water partition coefficient (Wildman–Crippen LogP) is 4.56. The molecule has 2 aromatic carbocycles. The van der Waals surface area contributed by atoms with Gasteiger partial charge in [0.05, 0.1) is 13.2 Å². The van der Waals surface area contributed by atoms with E-state index in [-0.39, 0.29) is 5.69 Å². The first-order valence-electron chi connectivity index (χ1n) is 12.9. The van der Waals surface area contributed by atoms with Crippen molar-refractivity contribution >= 4 is 11.7 Å². The molecule has 4 rings (SSSR count). The van der Waals surface area contributed by atoms with E-state index < -0.39 is 18.6 Å². The molecule has 3 aromatic rings. The highest BCUT2D eigenvalue weighted by Gasteiger charge is 2.28. The van der Waals surface area contributed by atoms with Crippen molar-refractivity contribution in [1.29, 1.82) is 0 Å². The highest BCUT2D eigenvalue weighted by molar-refractivity contribution is 5.92. The number of halogens is 3. The van der Waals surface area contributed by atoms with Crippen LogP contribution in [0.1, 0.15) is 29.9 Å². The van der Waals surface area contributed by atoms with E-state index in [1.807, 2.05) is 43.0 Å². The fourth-order valence-corrected chi connectivity index (χ4v) is 4.38. The molecule has 0 unspecified atom stereocenters. The van der Waals surface area contributed by atoms with Crippen molar-refractivity contribution in [3.63, 3.8) is 0 Å². The summed E-state index contributed by atoms with van der Waals surface area (Å²) in [4.78, 5) is 16.3. The topological polar surface area (TPSA) is 79.8 Å². The summed E-state index contributed by atoms with van der Waals surface area (Å²) in [5.41, 5.74) is 3.10. The number of alkyl halides is 3. The van der Waals surface area contributed by atoms with E-state index in [1.54, 1.807) is 11.4 Å². The van der Waals surface area contributed by atoms with Gasteiger partial charge in [-0.3, -0.25) is 9.69 Å². The molecule has 1 saturated heterocycles. The van der Waals surface area contributed by atoms with Gasteiger partial charge in [-0.05, 0) is 73.0 Å². The van der Waals surface area contributed by atoms with Crippen molar-refractivity contribution < 1.29 is 27.4 Å². The first-order chi connectivity index (χ1) is 18.7. The number of amides is 1. The second-order valence-electron chi connectivity index (χ2n) is 9.10. The number of piperazine rings is 1. The molecule has 0 bridgehead atoms. The molecule has 39 heavy (non-hydrogen) atoms. The Morgan fingerprint density at radius 3 is 2.28 bits per heavy atom. The molecule has 208 valence electrons. The summed E-state index contributed by atoms with van der Waals surface area (Å²) < 4.78 is 48.5. The smallest absolute Gasteiger partial charge is 0.405 e. The zero-order valence-electron chi connectivity index (χ0n) is 22.0. The van der Waals surface area contributed by atoms with E-state index in [9.17, 15) is 18.0 Å². The molecule has 2 heterocycles. The van der Waals surface area contributed by atoms with Crippen molar-refractivity contribution in [1.82, 2.24) is 20.4 Å². The van der Waals surface area contributed by atoms with E-state index in [1.165, 1.54) is 6.07 Å². The van der Waals surface area contributed by atoms with Crippen LogP contribution in [0, 0.1) is 0 Å². The Morgan fingerprint density at radius 1 is 0.897 bits per heavy atom. The van der Waals surface area contributed by atoms with Crippen LogP contribution >= 0.6 is 0 Å². The monoisotopic (exact) mass is 543 g/mol. The van der Waals surface area contributed by atoms with E-state index in [2.05, 4.69) is 33.3 Å². The second kappa shape index (κ2) is 12.8. The Labute approximate surface area is 225 Å². The first-order valence-corrected chi connectivity index (χ1v) is 12.9. The molecule has 1 aliphatic heterocycles. The Bertz CT molecular complexity index is 1250. The van der Waals surface area contributed by atoms with Crippen molar-refractivity contribution in [2.75, 3.05) is 50.8 Å². The number of benzene rings is 2. The molecule has 0 aliphatic carbocycles. The molecule has 1 fully saturated rings. The molecule has 1 aromatic heterocycles. The van der Waals surface area contributed by atoms with Crippen LogP contribution in [0.5, 0.6) is 11.5 Å². The summed E-state index contributed by atoms with van der Waals surface area (Å²) in [5.74, 6) is 1.32. The maximum atomic E-state index is 12.3. The minimum atomic E-state index is -4.48. The predicted molar refractivity (Wildman–Crippen MR) is 142 cm³/mol. The molecule has 1 aliphatic rings. The second-order valence-corrected chi connectivity index (χ2v) is 9.10. The van der Waals surface area contributed by atoms with E-state index in [0.717, 1.165) is 47.8 Å². The zero-order chi connectivity index (χ0) is 27.8. The third-order valence-corrected chi connectivity index (χ3v) is 6.19. The number of hydrogen-bond acceptors (Lipinski definition) is 7. The Balaban J connectivity index is 1.38. The summed E-state index contributed by atoms with van der Waals surface area (Å²) in [5, 5.41) is 9.68. The lowest BCUT2D eigenvalue weighted by Crippen LogP contribution is -2.46. The standard InChI is InChI=1S/C28H32F3N5O3/c1-3-38-23-7-5-6-21(16-23)22-14-20(15-24(17-22)39-4-2)18-35-10-12-36(13-11-35)26-9-8-25(33-34-26)27(37)32-19-28(29,30)31/h5-9,14-17H,3-4,10-13,18-19H2,1-2H3,(H,32,37). The number of ether oxygens (including phenoxy) is 2. The van der Waals surface area contributed by atoms with Gasteiger partial charge in [0.25, 0.3) is 5.91 Å². The van der Waals surface area contributed by atoms with Gasteiger partial charge in [-0.25, -0.2) is 0 Å². The summed E-state index contributed by atoms with van der Waals surface area (Å²) in [7, 11) is 0. The zero-order valence-corrected chi connectivity index (χ0v) is 22.0. The van der Waals surface area contributed by atoms with Gasteiger partial charge in [0, 0.05) is 32.7 Å². The van der Waals surface area contributed by atoms with Crippen molar-refractivity contribution in [2.24, 2.45) is 0 Å². The number of rotatable bonds is 10. The molecule has 1 N–H and O–H groups in total. The average molecular weight is 544 g/mol. The lowest BCUT2D eigenvalue weighted by molar-refractivity contribution is -0.123. The molecule has 0 spiro atoms. The van der Waals surface area contributed by atoms with E-state index in [4.69, 9.17) is 9.47 Å². The normalized spacial score (nSPS) is 14.2. The van der Waals surface area contributed by atoms with Crippen LogP contribution in [0.2, 0.25) is 0 Å². The van der Waals surface area contributed by atoms with Gasteiger partial charge in [0.2, 0.25) is 0 Å². The molecular formula is C28H32F3N5O3. The van der Waals surface area contributed by atoms with Gasteiger partial charge in [0.15, 0.2) is 11.5 Å². The van der Waals surface area contributed by atoms with E-state index >= 15 is 0 Å². The highest BCUT2D eigenvalue weighted by atomic mass is 19.4. The van der Waals surface area contributed by atoms with Gasteiger partial charge in [-0.1, -0.05) is 12.1 Å². The molecule has 1 amide bonds. The maximum absolute atomic E-state index is 12.3. The van der Waals surface area contributed by atoms with Gasteiger partial charge in [0.1, 0.15) is 18.0 Å². The molecule has 0 saturated carbocycles. The van der Waals surface area contributed by atoms with Crippen LogP contribution in [-0.4, -0.2) is 73.1 Å². The number of carbonyl (C=O) groups excluding carboxylic acids is 1. The van der Waals surface area contributed by atoms with Crippen LogP contribution < -0.4 is 19.7 Å². The number of anilines is 1. The average Bonchev–Trinajstić information content (AvgIpc) is 2.92. The molecule has 0 radical (unpaired) electrons. The summed E-state index contributed by atoms with van der Waals surface area (Å²) >= 11 is 0. The maximum Gasteiger partial charge on any atom is 0.405 e. The SMILES string of the molecule is CCOc1cccc(-c2cc(CN3CCN(c4ccc(C(=O)NCC(F)(F)F)nn4)CC3)cc(OCC)c2)c1. The van der Waals surface area contributed by atoms with Crippen molar-refractivity contribution in [2.45, 2.75) is 26.6 Å². The van der Waals surface area contributed by atoms with E-state index in [0.29, 0.717) is 32.1 Å². The quantitative estimate of drug-likeness (QED) is 0.402. The van der Waals surface area contributed by atoms with Crippen LogP contribution in [-0.2, 0) is 6.54 Å². The number of nitrogens with one attached hydrogen (secondary N) is 1. The number of hydrogen-bond donors (Lipinski definition) is 1. The molecule has 8 nitrogen and oxygen atoms in total. The van der Waals surface area contributed by atoms with Gasteiger partial charge < -0.3 is 19.7 Å². The number of nitrogens with zero attached hydrogens (tertiary/aromatic N) is 4. The van der Waals surface area contributed by atoms with Gasteiger partial charge in [-0.2, -0.15) is 13.2 Å². The molecular weight excluding hydrogens is 511 g/mol. The van der Waals surface area contributed by atoms with Crippen LogP contribution in [0.15, 0.2) is 54.6 Å². The third kappa shape index (κ3) is 8.06. The van der Waals surface area contributed by atoms with Crippen molar-refractivity contribution in [3.05, 3.63) is 65.9 Å². The van der Waals surface area contributed by atoms with Gasteiger partial charge >= 0.3 is 6.18 Å². The van der Waals surface area contributed by atoms with Crippen LogP contribution in [0.4, 0.5) is 19.0 Å². The van der Waals surface area contributed by atoms with Crippen LogP contribution in [0.3, 0.4) is 0 Å². The van der Waals surface area contributed by atoms with Crippen LogP contribution in [0.25, 0.3) is 11.1 Å². The lowest BCUT2D eigenvalue weighted by Gasteiger charge is -2.35. The van der Waals surface area contributed by atoms with Crippen molar-refractivity contribution in [3.8, 4) is 22.6 Å². The summed E-state index contributed by atoms with van der Waals surface area (Å²) in [6.07, 6.45) is -4.48. The Morgan fingerprint density at radius 2 is 1.62 bits per heavy atom. The van der Waals surface area contributed by atoms with Gasteiger partial charge in [-0.15, -0.1) is 10.2 Å². The molecule has 0 atom stereocenters. The first kappa shape index (κ1) is 28.2. The lowest BCUT2D eigenvalue weighted by atomic mass is 10.0. The Kier molecular flexibility index (Phi) is 9.23. The fourth-order valence-electron chi connectivity index (χ4n) is 4.38. The molecule has 11 heteroatoms. The number of aromatic nitrogens is 2. The highest BCUT2D eigenvalue weighted by Crippen LogP contribution is 2.30. The fraction of sp³-hybridized carbons (Fsp3) is 0.393. The summed E-state index contributed by atoms with van der Waals surface area (Å²) in [6.45, 7) is 7.40. The minimum absolute atomic E-state index is 0.154. The minimum Gasteiger partial charge on any atom is -0.494 e. The largest absolute Gasteiger partial charge is 0.494 e.